The van der Waals surface area contributed by atoms with E-state index in [4.69, 9.17) is 4.74 Å². The van der Waals surface area contributed by atoms with Gasteiger partial charge in [0.2, 0.25) is 0 Å². The summed E-state index contributed by atoms with van der Waals surface area (Å²) in [5.74, 6) is 1.26. The number of benzene rings is 2. The van der Waals surface area contributed by atoms with Crippen LogP contribution in [0.15, 0.2) is 48.2 Å². The first-order valence-electron chi connectivity index (χ1n) is 5.64. The molecule has 2 aromatic carbocycles. The van der Waals surface area contributed by atoms with Crippen molar-refractivity contribution in [3.8, 4) is 5.75 Å². The van der Waals surface area contributed by atoms with Gasteiger partial charge in [-0.2, -0.15) is 0 Å². The van der Waals surface area contributed by atoms with Gasteiger partial charge < -0.3 is 9.84 Å². The molecule has 2 rings (SSSR count). The maximum atomic E-state index is 9.51. The monoisotopic (exact) mass is 228 g/mol. The predicted molar refractivity (Wildman–Crippen MR) is 70.6 cm³/mol. The van der Waals surface area contributed by atoms with Crippen LogP contribution in [0.2, 0.25) is 0 Å². The zero-order valence-corrected chi connectivity index (χ0v) is 10.1. The Morgan fingerprint density at radius 2 is 1.88 bits per heavy atom. The number of aliphatic hydroxyl groups is 1. The number of aliphatic hydroxyl groups excluding tert-OH is 1. The molecule has 0 aliphatic heterocycles. The van der Waals surface area contributed by atoms with E-state index in [0.717, 1.165) is 22.1 Å². The first-order chi connectivity index (χ1) is 8.22. The zero-order valence-electron chi connectivity index (χ0n) is 10.1. The van der Waals surface area contributed by atoms with Gasteiger partial charge in [0.05, 0.1) is 12.9 Å². The average Bonchev–Trinajstić information content (AvgIpc) is 2.38. The van der Waals surface area contributed by atoms with Gasteiger partial charge in [0.15, 0.2) is 0 Å². The van der Waals surface area contributed by atoms with Crippen molar-refractivity contribution in [2.45, 2.75) is 13.3 Å². The van der Waals surface area contributed by atoms with Crippen molar-refractivity contribution in [2.24, 2.45) is 0 Å². The number of rotatable bonds is 3. The van der Waals surface area contributed by atoms with Crippen LogP contribution >= 0.6 is 0 Å². The van der Waals surface area contributed by atoms with Crippen molar-refractivity contribution >= 4 is 10.8 Å². The molecular formula is C15H16O2. The lowest BCUT2D eigenvalue weighted by molar-refractivity contribution is 0.397. The molecule has 2 heteroatoms. The molecule has 88 valence electrons. The van der Waals surface area contributed by atoms with Gasteiger partial charge in [-0.25, -0.2) is 0 Å². The maximum absolute atomic E-state index is 9.51. The molecule has 2 nitrogen and oxygen atoms in total. The van der Waals surface area contributed by atoms with Gasteiger partial charge >= 0.3 is 0 Å². The molecule has 0 radical (unpaired) electrons. The molecule has 2 aromatic rings. The molecule has 0 spiro atoms. The lowest BCUT2D eigenvalue weighted by Crippen LogP contribution is -1.89. The number of ether oxygens (including phenoxy) is 1. The van der Waals surface area contributed by atoms with E-state index in [0.29, 0.717) is 12.2 Å². The average molecular weight is 228 g/mol. The van der Waals surface area contributed by atoms with E-state index in [1.165, 1.54) is 0 Å². The van der Waals surface area contributed by atoms with Crippen LogP contribution < -0.4 is 4.74 Å². The molecule has 0 saturated carbocycles. The second-order valence-corrected chi connectivity index (χ2v) is 4.00. The van der Waals surface area contributed by atoms with E-state index < -0.39 is 0 Å². The number of hydrogen-bond donors (Lipinski definition) is 1. The van der Waals surface area contributed by atoms with Crippen LogP contribution in [0.4, 0.5) is 0 Å². The summed E-state index contributed by atoms with van der Waals surface area (Å²) in [6.07, 6.45) is 2.30. The largest absolute Gasteiger partial charge is 0.512 e. The molecule has 0 aliphatic rings. The van der Waals surface area contributed by atoms with E-state index in [1.54, 1.807) is 13.2 Å². The Balaban J connectivity index is 2.38. The zero-order chi connectivity index (χ0) is 12.3. The SMILES string of the molecule is CC=C(O)Cc1ccc2cc(OC)ccc2c1. The highest BCUT2D eigenvalue weighted by Crippen LogP contribution is 2.22. The Labute approximate surface area is 101 Å². The lowest BCUT2D eigenvalue weighted by atomic mass is 10.0. The van der Waals surface area contributed by atoms with E-state index in [1.807, 2.05) is 31.2 Å². The summed E-state index contributed by atoms with van der Waals surface area (Å²) in [5, 5.41) is 11.8. The van der Waals surface area contributed by atoms with Crippen molar-refractivity contribution in [1.82, 2.24) is 0 Å². The molecule has 0 fully saturated rings. The molecule has 0 aliphatic carbocycles. The molecule has 0 aromatic heterocycles. The maximum Gasteiger partial charge on any atom is 0.119 e. The Bertz CT molecular complexity index is 556. The molecule has 1 N–H and O–H groups in total. The highest BCUT2D eigenvalue weighted by atomic mass is 16.5. The van der Waals surface area contributed by atoms with Crippen LogP contribution in [0.1, 0.15) is 12.5 Å². The van der Waals surface area contributed by atoms with Crippen molar-refractivity contribution in [3.63, 3.8) is 0 Å². The fourth-order valence-corrected chi connectivity index (χ4v) is 1.82. The standard InChI is InChI=1S/C15H16O2/c1-3-14(16)9-11-4-5-13-10-15(17-2)7-6-12(13)8-11/h3-8,10,16H,9H2,1-2H3. The molecule has 17 heavy (non-hydrogen) atoms. The van der Waals surface area contributed by atoms with E-state index in [9.17, 15) is 5.11 Å². The fourth-order valence-electron chi connectivity index (χ4n) is 1.82. The Morgan fingerprint density at radius 3 is 2.59 bits per heavy atom. The lowest BCUT2D eigenvalue weighted by Gasteiger charge is -2.05. The summed E-state index contributed by atoms with van der Waals surface area (Å²) >= 11 is 0. The van der Waals surface area contributed by atoms with Crippen LogP contribution in [0, 0.1) is 0 Å². The van der Waals surface area contributed by atoms with Crippen LogP contribution in [0.25, 0.3) is 10.8 Å². The van der Waals surface area contributed by atoms with Crippen molar-refractivity contribution in [2.75, 3.05) is 7.11 Å². The Hall–Kier alpha value is -1.96. The molecule has 0 amide bonds. The third kappa shape index (κ3) is 2.59. The smallest absolute Gasteiger partial charge is 0.119 e. The van der Waals surface area contributed by atoms with Crippen LogP contribution in [0.3, 0.4) is 0 Å². The van der Waals surface area contributed by atoms with Gasteiger partial charge in [-0.15, -0.1) is 0 Å². The molecule has 0 heterocycles. The van der Waals surface area contributed by atoms with Crippen LogP contribution in [-0.4, -0.2) is 12.2 Å². The fraction of sp³-hybridized carbons (Fsp3) is 0.200. The van der Waals surface area contributed by atoms with Gasteiger partial charge in [-0.1, -0.05) is 24.3 Å². The number of methoxy groups -OCH3 is 1. The molecule has 0 unspecified atom stereocenters. The van der Waals surface area contributed by atoms with Gasteiger partial charge in [-0.05, 0) is 41.5 Å². The second-order valence-electron chi connectivity index (χ2n) is 4.00. The molecule has 0 saturated heterocycles. The summed E-state index contributed by atoms with van der Waals surface area (Å²) in [6.45, 7) is 1.83. The summed E-state index contributed by atoms with van der Waals surface area (Å²) < 4.78 is 5.19. The first-order valence-corrected chi connectivity index (χ1v) is 5.64. The summed E-state index contributed by atoms with van der Waals surface area (Å²) in [4.78, 5) is 0. The molecule has 0 bridgehead atoms. The Morgan fingerprint density at radius 1 is 1.18 bits per heavy atom. The van der Waals surface area contributed by atoms with Crippen molar-refractivity contribution in [3.05, 3.63) is 53.8 Å². The predicted octanol–water partition coefficient (Wildman–Crippen LogP) is 3.85. The van der Waals surface area contributed by atoms with Crippen LogP contribution in [0.5, 0.6) is 5.75 Å². The summed E-state index contributed by atoms with van der Waals surface area (Å²) in [6, 6.07) is 12.2. The second kappa shape index (κ2) is 4.91. The minimum atomic E-state index is 0.401. The van der Waals surface area contributed by atoms with Gasteiger partial charge in [0.1, 0.15) is 5.75 Å². The molecular weight excluding hydrogens is 212 g/mol. The number of allylic oxidation sites excluding steroid dienone is 2. The Kier molecular flexibility index (Phi) is 3.33. The van der Waals surface area contributed by atoms with Gasteiger partial charge in [-0.3, -0.25) is 0 Å². The van der Waals surface area contributed by atoms with Crippen molar-refractivity contribution in [1.29, 1.82) is 0 Å². The van der Waals surface area contributed by atoms with Crippen LogP contribution in [-0.2, 0) is 6.42 Å². The minimum Gasteiger partial charge on any atom is -0.512 e. The summed E-state index contributed by atoms with van der Waals surface area (Å²) in [5.41, 5.74) is 1.11. The summed E-state index contributed by atoms with van der Waals surface area (Å²) in [7, 11) is 1.67. The molecule has 0 atom stereocenters. The normalized spacial score (nSPS) is 11.8. The number of fused-ring (bicyclic) bond motifs is 1. The highest BCUT2D eigenvalue weighted by Gasteiger charge is 2.00. The first kappa shape index (κ1) is 11.5. The minimum absolute atomic E-state index is 0.401. The number of hydrogen-bond acceptors (Lipinski definition) is 2. The van der Waals surface area contributed by atoms with E-state index in [-0.39, 0.29) is 0 Å². The quantitative estimate of drug-likeness (QED) is 0.808. The van der Waals surface area contributed by atoms with Gasteiger partial charge in [0.25, 0.3) is 0 Å². The van der Waals surface area contributed by atoms with E-state index >= 15 is 0 Å². The topological polar surface area (TPSA) is 29.5 Å². The third-order valence-corrected chi connectivity index (χ3v) is 2.83. The third-order valence-electron chi connectivity index (χ3n) is 2.83. The van der Waals surface area contributed by atoms with Crippen molar-refractivity contribution < 1.29 is 9.84 Å². The van der Waals surface area contributed by atoms with Gasteiger partial charge in [0, 0.05) is 6.42 Å². The highest BCUT2D eigenvalue weighted by molar-refractivity contribution is 5.84. The van der Waals surface area contributed by atoms with E-state index in [2.05, 4.69) is 12.1 Å².